The molecule has 0 spiro atoms. The van der Waals surface area contributed by atoms with E-state index in [0.29, 0.717) is 0 Å². The monoisotopic (exact) mass is 386 g/mol. The second-order valence-corrected chi connectivity index (χ2v) is 6.39. The standard InChI is InChI=1S/C15H14F2N3O5P/c16-11-8-13(20-7-6-12(18)19-14(20)21)24-15(11,17)9-23-26(22)25-10-4-2-1-3-5-10/h1-7,11,13H,8-9H2,(H-,18,19,21)/p+1/t11-,13+,15+/m0/s1. The summed E-state index contributed by atoms with van der Waals surface area (Å²) in [6.45, 7) is -0.968. The van der Waals surface area contributed by atoms with Gasteiger partial charge in [-0.05, 0) is 18.2 Å². The van der Waals surface area contributed by atoms with Crippen LogP contribution in [0, 0.1) is 0 Å². The van der Waals surface area contributed by atoms with E-state index in [-0.39, 0.29) is 11.6 Å². The van der Waals surface area contributed by atoms with Crippen molar-refractivity contribution in [2.45, 2.75) is 24.7 Å². The molecule has 1 aromatic heterocycles. The zero-order valence-electron chi connectivity index (χ0n) is 13.3. The average molecular weight is 386 g/mol. The van der Waals surface area contributed by atoms with Crippen LogP contribution in [0.4, 0.5) is 14.6 Å². The molecule has 1 aromatic carbocycles. The summed E-state index contributed by atoms with van der Waals surface area (Å²) in [6.07, 6.45) is -2.54. The Bertz CT molecular complexity index is 853. The van der Waals surface area contributed by atoms with Gasteiger partial charge in [-0.25, -0.2) is 18.1 Å². The first-order valence-electron chi connectivity index (χ1n) is 7.56. The van der Waals surface area contributed by atoms with E-state index in [2.05, 4.69) is 4.98 Å². The summed E-state index contributed by atoms with van der Waals surface area (Å²) in [5, 5.41) is 0. The molecule has 8 nitrogen and oxygen atoms in total. The van der Waals surface area contributed by atoms with Crippen LogP contribution in [-0.2, 0) is 13.8 Å². The van der Waals surface area contributed by atoms with Crippen molar-refractivity contribution in [3.8, 4) is 5.75 Å². The van der Waals surface area contributed by atoms with Crippen molar-refractivity contribution in [2.75, 3.05) is 12.3 Å². The van der Waals surface area contributed by atoms with Crippen LogP contribution in [0.2, 0.25) is 0 Å². The van der Waals surface area contributed by atoms with Crippen molar-refractivity contribution in [1.29, 1.82) is 0 Å². The third-order valence-corrected chi connectivity index (χ3v) is 4.36. The summed E-state index contributed by atoms with van der Waals surface area (Å²) in [6, 6.07) is 9.39. The molecule has 0 amide bonds. The van der Waals surface area contributed by atoms with Gasteiger partial charge in [-0.15, -0.1) is 4.52 Å². The lowest BCUT2D eigenvalue weighted by Gasteiger charge is -2.19. The molecule has 26 heavy (non-hydrogen) atoms. The number of halogens is 2. The van der Waals surface area contributed by atoms with Crippen LogP contribution in [0.3, 0.4) is 0 Å². The quantitative estimate of drug-likeness (QED) is 0.761. The Kier molecular flexibility index (Phi) is 5.26. The molecule has 3 rings (SSSR count). The fourth-order valence-corrected chi connectivity index (χ4v) is 3.00. The SMILES string of the molecule is Nc1ccn([C@H]2C[C@H](F)[C@@](F)(CO[P+](=O)Oc3ccccc3)O2)c(=O)n1. The minimum absolute atomic E-state index is 0.0223. The molecule has 0 saturated carbocycles. The molecule has 1 aliphatic heterocycles. The highest BCUT2D eigenvalue weighted by molar-refractivity contribution is 7.33. The number of aromatic nitrogens is 2. The number of benzene rings is 1. The number of nitrogens with two attached hydrogens (primary N) is 1. The molecule has 2 aromatic rings. The van der Waals surface area contributed by atoms with E-state index < -0.39 is 45.2 Å². The molecule has 1 fully saturated rings. The smallest absolute Gasteiger partial charge is 0.383 e. The second-order valence-electron chi connectivity index (χ2n) is 5.51. The third-order valence-electron chi connectivity index (χ3n) is 3.66. The third kappa shape index (κ3) is 4.04. The first-order valence-corrected chi connectivity index (χ1v) is 8.65. The number of para-hydroxylation sites is 1. The summed E-state index contributed by atoms with van der Waals surface area (Å²) >= 11 is 0. The Morgan fingerprint density at radius 2 is 2.12 bits per heavy atom. The zero-order chi connectivity index (χ0) is 18.7. The maximum atomic E-state index is 14.7. The Labute approximate surface area is 147 Å². The number of nitrogens with zero attached hydrogens (tertiary/aromatic N) is 2. The number of anilines is 1. The minimum Gasteiger partial charge on any atom is -0.383 e. The number of hydrogen-bond donors (Lipinski definition) is 1. The lowest BCUT2D eigenvalue weighted by atomic mass is 10.2. The fourth-order valence-electron chi connectivity index (χ4n) is 2.38. The maximum absolute atomic E-state index is 14.7. The molecule has 1 unspecified atom stereocenters. The van der Waals surface area contributed by atoms with E-state index in [1.807, 2.05) is 0 Å². The molecule has 11 heteroatoms. The van der Waals surface area contributed by atoms with Gasteiger partial charge in [0.2, 0.25) is 0 Å². The number of hydrogen-bond acceptors (Lipinski definition) is 7. The highest BCUT2D eigenvalue weighted by Gasteiger charge is 2.53. The highest BCUT2D eigenvalue weighted by Crippen LogP contribution is 2.41. The number of rotatable bonds is 6. The zero-order valence-corrected chi connectivity index (χ0v) is 14.2. The number of ether oxygens (including phenoxy) is 1. The molecule has 2 heterocycles. The van der Waals surface area contributed by atoms with Crippen molar-refractivity contribution in [2.24, 2.45) is 0 Å². The summed E-state index contributed by atoms with van der Waals surface area (Å²) in [4.78, 5) is 15.2. The Morgan fingerprint density at radius 3 is 2.81 bits per heavy atom. The van der Waals surface area contributed by atoms with Crippen molar-refractivity contribution >= 4 is 14.1 Å². The van der Waals surface area contributed by atoms with Gasteiger partial charge in [0.25, 0.3) is 5.85 Å². The molecular formula is C15H15F2N3O5P+. The topological polar surface area (TPSA) is 106 Å². The molecule has 1 aliphatic rings. The predicted octanol–water partition coefficient (Wildman–Crippen LogP) is 2.50. The van der Waals surface area contributed by atoms with Crippen LogP contribution in [0.25, 0.3) is 0 Å². The van der Waals surface area contributed by atoms with Gasteiger partial charge in [-0.3, -0.25) is 4.57 Å². The van der Waals surface area contributed by atoms with Gasteiger partial charge in [0.05, 0.1) is 0 Å². The lowest BCUT2D eigenvalue weighted by Crippen LogP contribution is -2.37. The summed E-state index contributed by atoms with van der Waals surface area (Å²) in [7, 11) is -2.74. The van der Waals surface area contributed by atoms with Gasteiger partial charge in [-0.1, -0.05) is 18.2 Å². The molecule has 0 radical (unpaired) electrons. The molecule has 2 N–H and O–H groups in total. The lowest BCUT2D eigenvalue weighted by molar-refractivity contribution is -0.191. The molecule has 138 valence electrons. The van der Waals surface area contributed by atoms with Crippen LogP contribution in [0.5, 0.6) is 5.75 Å². The van der Waals surface area contributed by atoms with Gasteiger partial charge in [-0.2, -0.15) is 4.98 Å². The van der Waals surface area contributed by atoms with Crippen LogP contribution >= 0.6 is 8.25 Å². The molecule has 0 aliphatic carbocycles. The highest BCUT2D eigenvalue weighted by atomic mass is 31.1. The molecule has 4 atom stereocenters. The number of alkyl halides is 2. The van der Waals surface area contributed by atoms with E-state index in [4.69, 9.17) is 19.5 Å². The van der Waals surface area contributed by atoms with E-state index in [0.717, 1.165) is 4.57 Å². The average Bonchev–Trinajstić information content (AvgIpc) is 2.89. The second kappa shape index (κ2) is 7.45. The van der Waals surface area contributed by atoms with Gasteiger partial charge in [0, 0.05) is 17.2 Å². The summed E-state index contributed by atoms with van der Waals surface area (Å²) in [5.41, 5.74) is 4.57. The Morgan fingerprint density at radius 1 is 1.38 bits per heavy atom. The summed E-state index contributed by atoms with van der Waals surface area (Å²) in [5.74, 6) is -2.65. The Hall–Kier alpha value is -2.42. The van der Waals surface area contributed by atoms with Gasteiger partial charge < -0.3 is 10.5 Å². The Balaban J connectivity index is 1.62. The van der Waals surface area contributed by atoms with E-state index >= 15 is 0 Å². The largest absolute Gasteiger partial charge is 0.750 e. The van der Waals surface area contributed by atoms with Crippen molar-refractivity contribution in [1.82, 2.24) is 9.55 Å². The van der Waals surface area contributed by atoms with Crippen LogP contribution in [0.15, 0.2) is 47.4 Å². The summed E-state index contributed by atoms with van der Waals surface area (Å²) < 4.78 is 56.2. The van der Waals surface area contributed by atoms with E-state index in [1.165, 1.54) is 24.4 Å². The van der Waals surface area contributed by atoms with Crippen molar-refractivity contribution in [3.63, 3.8) is 0 Å². The fraction of sp³-hybridized carbons (Fsp3) is 0.333. The molecular weight excluding hydrogens is 371 g/mol. The minimum atomic E-state index is -2.88. The van der Waals surface area contributed by atoms with Gasteiger partial charge in [0.1, 0.15) is 12.0 Å². The van der Waals surface area contributed by atoms with Gasteiger partial charge in [0.15, 0.2) is 18.5 Å². The normalized spacial score (nSPS) is 25.8. The molecule has 0 bridgehead atoms. The van der Waals surface area contributed by atoms with E-state index in [9.17, 15) is 18.1 Å². The van der Waals surface area contributed by atoms with Crippen LogP contribution < -0.4 is 15.9 Å². The first kappa shape index (κ1) is 18.4. The van der Waals surface area contributed by atoms with Crippen LogP contribution in [0.1, 0.15) is 12.6 Å². The van der Waals surface area contributed by atoms with Crippen molar-refractivity contribution < 1.29 is 27.1 Å². The van der Waals surface area contributed by atoms with E-state index in [1.54, 1.807) is 18.2 Å². The first-order chi connectivity index (χ1) is 12.4. The predicted molar refractivity (Wildman–Crippen MR) is 87.0 cm³/mol. The molecule has 1 saturated heterocycles. The maximum Gasteiger partial charge on any atom is 0.750 e. The number of nitrogen functional groups attached to an aromatic ring is 1. The van der Waals surface area contributed by atoms with Crippen molar-refractivity contribution in [3.05, 3.63) is 53.1 Å². The van der Waals surface area contributed by atoms with Crippen LogP contribution in [-0.4, -0.2) is 28.2 Å². The van der Waals surface area contributed by atoms with Gasteiger partial charge >= 0.3 is 13.9 Å².